The van der Waals surface area contributed by atoms with Crippen LogP contribution in [0.2, 0.25) is 0 Å². The van der Waals surface area contributed by atoms with Gasteiger partial charge in [-0.25, -0.2) is 0 Å². The minimum atomic E-state index is -0.282. The van der Waals surface area contributed by atoms with Gasteiger partial charge in [0.1, 0.15) is 11.5 Å². The number of furan rings is 1. The Bertz CT molecular complexity index is 581. The van der Waals surface area contributed by atoms with Gasteiger partial charge < -0.3 is 14.8 Å². The second-order valence-corrected chi connectivity index (χ2v) is 5.57. The van der Waals surface area contributed by atoms with Crippen LogP contribution in [0, 0.1) is 0 Å². The number of phenolic OH excluding ortho intramolecular Hbond substituents is 1. The largest absolute Gasteiger partial charge is 0.507 e. The maximum absolute atomic E-state index is 12.1. The highest BCUT2D eigenvalue weighted by molar-refractivity contribution is 9.10. The van der Waals surface area contributed by atoms with E-state index >= 15 is 0 Å². The number of hydrogen-bond donors (Lipinski definition) is 2. The molecule has 0 saturated carbocycles. The second-order valence-electron chi connectivity index (χ2n) is 4.65. The maximum Gasteiger partial charge on any atom is 0.255 e. The second kappa shape index (κ2) is 6.61. The molecule has 0 radical (unpaired) electrons. The zero-order chi connectivity index (χ0) is 14.5. The van der Waals surface area contributed by atoms with Gasteiger partial charge in [-0.05, 0) is 43.7 Å². The Labute approximate surface area is 125 Å². The number of aryl methyl sites for hydroxylation is 1. The Hall–Kier alpha value is -1.75. The molecule has 1 heterocycles. The van der Waals surface area contributed by atoms with Crippen molar-refractivity contribution in [3.8, 4) is 5.75 Å². The van der Waals surface area contributed by atoms with Crippen molar-refractivity contribution >= 4 is 21.8 Å². The molecule has 1 aromatic carbocycles. The lowest BCUT2D eigenvalue weighted by Crippen LogP contribution is -2.32. The van der Waals surface area contributed by atoms with Crippen molar-refractivity contribution in [3.05, 3.63) is 52.4 Å². The van der Waals surface area contributed by atoms with Crippen molar-refractivity contribution < 1.29 is 14.3 Å². The number of phenols is 1. The average Bonchev–Trinajstić information content (AvgIpc) is 2.92. The first-order valence-corrected chi connectivity index (χ1v) is 7.17. The predicted molar refractivity (Wildman–Crippen MR) is 79.8 cm³/mol. The summed E-state index contributed by atoms with van der Waals surface area (Å²) in [6.45, 7) is 1.93. The molecule has 0 bridgehead atoms. The zero-order valence-corrected chi connectivity index (χ0v) is 12.7. The van der Waals surface area contributed by atoms with Gasteiger partial charge in [0.25, 0.3) is 5.91 Å². The summed E-state index contributed by atoms with van der Waals surface area (Å²) in [5.74, 6) is 0.594. The Balaban J connectivity index is 1.91. The van der Waals surface area contributed by atoms with Crippen molar-refractivity contribution in [1.29, 1.82) is 0 Å². The van der Waals surface area contributed by atoms with E-state index in [0.29, 0.717) is 0 Å². The first-order valence-electron chi connectivity index (χ1n) is 6.38. The molecule has 2 aromatic rings. The van der Waals surface area contributed by atoms with E-state index in [9.17, 15) is 9.90 Å². The SMILES string of the molecule is CC(CCc1ccco1)NC(=O)c1cc(Br)ccc1O. The fourth-order valence-corrected chi connectivity index (χ4v) is 2.24. The Kier molecular flexibility index (Phi) is 4.84. The molecule has 1 atom stereocenters. The Morgan fingerprint density at radius 2 is 2.25 bits per heavy atom. The van der Waals surface area contributed by atoms with Crippen molar-refractivity contribution in [2.45, 2.75) is 25.8 Å². The van der Waals surface area contributed by atoms with Gasteiger partial charge in [-0.2, -0.15) is 0 Å². The van der Waals surface area contributed by atoms with Crippen LogP contribution in [0.5, 0.6) is 5.75 Å². The number of rotatable bonds is 5. The van der Waals surface area contributed by atoms with Gasteiger partial charge in [-0.3, -0.25) is 4.79 Å². The van der Waals surface area contributed by atoms with Crippen LogP contribution in [0.4, 0.5) is 0 Å². The number of amides is 1. The van der Waals surface area contributed by atoms with E-state index in [-0.39, 0.29) is 23.3 Å². The summed E-state index contributed by atoms with van der Waals surface area (Å²) in [7, 11) is 0. The minimum absolute atomic E-state index is 0.00835. The van der Waals surface area contributed by atoms with Crippen molar-refractivity contribution in [2.75, 3.05) is 0 Å². The lowest BCUT2D eigenvalue weighted by atomic mass is 10.1. The predicted octanol–water partition coefficient (Wildman–Crippen LogP) is 3.50. The Morgan fingerprint density at radius 1 is 1.45 bits per heavy atom. The number of benzene rings is 1. The fourth-order valence-electron chi connectivity index (χ4n) is 1.88. The van der Waals surface area contributed by atoms with Crippen LogP contribution >= 0.6 is 15.9 Å². The highest BCUT2D eigenvalue weighted by Gasteiger charge is 2.14. The molecule has 2 N–H and O–H groups in total. The van der Waals surface area contributed by atoms with E-state index in [1.165, 1.54) is 6.07 Å². The number of carbonyl (C=O) groups excluding carboxylic acids is 1. The first-order chi connectivity index (χ1) is 9.56. The van der Waals surface area contributed by atoms with E-state index in [1.807, 2.05) is 19.1 Å². The summed E-state index contributed by atoms with van der Waals surface area (Å²) in [6, 6.07) is 8.53. The molecule has 0 aliphatic carbocycles. The van der Waals surface area contributed by atoms with E-state index < -0.39 is 0 Å². The maximum atomic E-state index is 12.1. The third kappa shape index (κ3) is 3.87. The van der Waals surface area contributed by atoms with Gasteiger partial charge in [0.15, 0.2) is 0 Å². The summed E-state index contributed by atoms with van der Waals surface area (Å²) in [4.78, 5) is 12.1. The van der Waals surface area contributed by atoms with Crippen molar-refractivity contribution in [2.24, 2.45) is 0 Å². The molecule has 0 fully saturated rings. The van der Waals surface area contributed by atoms with Crippen LogP contribution in [-0.4, -0.2) is 17.1 Å². The summed E-state index contributed by atoms with van der Waals surface area (Å²) >= 11 is 3.28. The normalized spacial score (nSPS) is 12.1. The molecule has 0 aliphatic rings. The first kappa shape index (κ1) is 14.7. The molecule has 4 nitrogen and oxygen atoms in total. The fraction of sp³-hybridized carbons (Fsp3) is 0.267. The molecule has 106 valence electrons. The van der Waals surface area contributed by atoms with Crippen LogP contribution in [0.3, 0.4) is 0 Å². The molecule has 0 aliphatic heterocycles. The van der Waals surface area contributed by atoms with Gasteiger partial charge in [0.2, 0.25) is 0 Å². The molecule has 20 heavy (non-hydrogen) atoms. The number of halogens is 1. The lowest BCUT2D eigenvalue weighted by Gasteiger charge is -2.14. The lowest BCUT2D eigenvalue weighted by molar-refractivity contribution is 0.0935. The number of hydrogen-bond acceptors (Lipinski definition) is 3. The van der Waals surface area contributed by atoms with Crippen LogP contribution in [-0.2, 0) is 6.42 Å². The van der Waals surface area contributed by atoms with E-state index in [1.54, 1.807) is 18.4 Å². The van der Waals surface area contributed by atoms with Gasteiger partial charge in [0.05, 0.1) is 11.8 Å². The van der Waals surface area contributed by atoms with E-state index in [4.69, 9.17) is 4.42 Å². The summed E-state index contributed by atoms with van der Waals surface area (Å²) < 4.78 is 6.00. The van der Waals surface area contributed by atoms with Gasteiger partial charge in [-0.1, -0.05) is 15.9 Å². The zero-order valence-electron chi connectivity index (χ0n) is 11.1. The molecule has 1 amide bonds. The summed E-state index contributed by atoms with van der Waals surface area (Å²) in [5, 5.41) is 12.6. The van der Waals surface area contributed by atoms with Crippen molar-refractivity contribution in [3.63, 3.8) is 0 Å². The van der Waals surface area contributed by atoms with Crippen molar-refractivity contribution in [1.82, 2.24) is 5.32 Å². The quantitative estimate of drug-likeness (QED) is 0.877. The van der Waals surface area contributed by atoms with Gasteiger partial charge in [-0.15, -0.1) is 0 Å². The Morgan fingerprint density at radius 3 is 2.95 bits per heavy atom. The third-order valence-corrected chi connectivity index (χ3v) is 3.48. The van der Waals surface area contributed by atoms with Gasteiger partial charge in [0, 0.05) is 16.9 Å². The van der Waals surface area contributed by atoms with E-state index in [0.717, 1.165) is 23.1 Å². The van der Waals surface area contributed by atoms with Crippen LogP contribution in [0.1, 0.15) is 29.5 Å². The molecule has 1 aromatic heterocycles. The average molecular weight is 338 g/mol. The molecule has 1 unspecified atom stereocenters. The molecular weight excluding hydrogens is 322 g/mol. The topological polar surface area (TPSA) is 62.5 Å². The molecule has 5 heteroatoms. The van der Waals surface area contributed by atoms with Crippen LogP contribution in [0.25, 0.3) is 0 Å². The van der Waals surface area contributed by atoms with Gasteiger partial charge >= 0.3 is 0 Å². The molecule has 0 saturated heterocycles. The van der Waals surface area contributed by atoms with Crippen LogP contribution in [0.15, 0.2) is 45.5 Å². The standard InChI is InChI=1S/C15H16BrNO3/c1-10(4-6-12-3-2-8-20-12)17-15(19)13-9-11(16)5-7-14(13)18/h2-3,5,7-10,18H,4,6H2,1H3,(H,17,19). The summed E-state index contributed by atoms with van der Waals surface area (Å²) in [5.41, 5.74) is 0.268. The smallest absolute Gasteiger partial charge is 0.255 e. The molecular formula is C15H16BrNO3. The highest BCUT2D eigenvalue weighted by atomic mass is 79.9. The third-order valence-electron chi connectivity index (χ3n) is 2.98. The molecule has 2 rings (SSSR count). The minimum Gasteiger partial charge on any atom is -0.507 e. The monoisotopic (exact) mass is 337 g/mol. The summed E-state index contributed by atoms with van der Waals surface area (Å²) in [6.07, 6.45) is 3.17. The van der Waals surface area contributed by atoms with Crippen LogP contribution < -0.4 is 5.32 Å². The number of nitrogens with one attached hydrogen (secondary N) is 1. The highest BCUT2D eigenvalue weighted by Crippen LogP contribution is 2.21. The molecule has 0 spiro atoms. The van der Waals surface area contributed by atoms with E-state index in [2.05, 4.69) is 21.2 Å². The number of carbonyl (C=O) groups is 1. The number of aromatic hydroxyl groups is 1.